The van der Waals surface area contributed by atoms with Gasteiger partial charge in [0.05, 0.1) is 0 Å². The Morgan fingerprint density at radius 2 is 2.06 bits per heavy atom. The predicted octanol–water partition coefficient (Wildman–Crippen LogP) is 1.84. The van der Waals surface area contributed by atoms with E-state index in [1.54, 1.807) is 0 Å². The minimum absolute atomic E-state index is 0.119. The van der Waals surface area contributed by atoms with Crippen LogP contribution in [0.2, 0.25) is 0 Å². The number of nitrogens with two attached hydrogens (primary N) is 1. The van der Waals surface area contributed by atoms with Gasteiger partial charge in [-0.15, -0.1) is 0 Å². The van der Waals surface area contributed by atoms with Crippen LogP contribution in [0.15, 0.2) is 24.3 Å². The molecule has 0 bridgehead atoms. The van der Waals surface area contributed by atoms with Crippen molar-refractivity contribution in [2.75, 3.05) is 13.1 Å². The second-order valence-electron chi connectivity index (χ2n) is 4.64. The third-order valence-electron chi connectivity index (χ3n) is 3.53. The normalized spacial score (nSPS) is 24.9. The van der Waals surface area contributed by atoms with Crippen LogP contribution in [0.4, 0.5) is 4.39 Å². The second-order valence-corrected chi connectivity index (χ2v) is 4.64. The van der Waals surface area contributed by atoms with Crippen molar-refractivity contribution in [3.05, 3.63) is 35.6 Å². The van der Waals surface area contributed by atoms with Gasteiger partial charge in [0.2, 0.25) is 0 Å². The van der Waals surface area contributed by atoms with Gasteiger partial charge in [-0.2, -0.15) is 0 Å². The molecule has 0 aliphatic carbocycles. The molecule has 0 radical (unpaired) electrons. The quantitative estimate of drug-likeness (QED) is 0.815. The molecule has 1 aromatic carbocycles. The molecule has 1 aromatic rings. The van der Waals surface area contributed by atoms with E-state index in [9.17, 15) is 4.39 Å². The van der Waals surface area contributed by atoms with Crippen LogP contribution in [0.3, 0.4) is 0 Å². The summed E-state index contributed by atoms with van der Waals surface area (Å²) in [5, 5.41) is 3.50. The van der Waals surface area contributed by atoms with Crippen LogP contribution >= 0.6 is 0 Å². The van der Waals surface area contributed by atoms with Crippen molar-refractivity contribution in [1.82, 2.24) is 5.32 Å². The first-order valence-electron chi connectivity index (χ1n) is 5.94. The van der Waals surface area contributed by atoms with Crippen LogP contribution in [0, 0.1) is 5.82 Å². The molecule has 1 saturated heterocycles. The van der Waals surface area contributed by atoms with Crippen LogP contribution < -0.4 is 11.1 Å². The molecule has 0 saturated carbocycles. The number of hydrogen-bond acceptors (Lipinski definition) is 2. The zero-order valence-corrected chi connectivity index (χ0v) is 9.51. The summed E-state index contributed by atoms with van der Waals surface area (Å²) in [4.78, 5) is 0. The molecule has 3 N–H and O–H groups in total. The highest BCUT2D eigenvalue weighted by atomic mass is 19.1. The van der Waals surface area contributed by atoms with E-state index in [1.165, 1.54) is 24.1 Å². The zero-order valence-electron chi connectivity index (χ0n) is 9.51. The fourth-order valence-electron chi connectivity index (χ4n) is 2.39. The summed E-state index contributed by atoms with van der Waals surface area (Å²) >= 11 is 0. The molecule has 1 heterocycles. The Bertz CT molecular complexity index is 328. The molecule has 1 atom stereocenters. The Morgan fingerprint density at radius 1 is 1.31 bits per heavy atom. The highest BCUT2D eigenvalue weighted by Gasteiger charge is 2.31. The number of nitrogens with one attached hydrogen (secondary N) is 1. The molecule has 0 spiro atoms. The Morgan fingerprint density at radius 3 is 2.62 bits per heavy atom. The van der Waals surface area contributed by atoms with Crippen LogP contribution in [-0.4, -0.2) is 18.6 Å². The number of aryl methyl sites for hydroxylation is 1. The van der Waals surface area contributed by atoms with Gasteiger partial charge in [0.15, 0.2) is 0 Å². The third kappa shape index (κ3) is 2.60. The van der Waals surface area contributed by atoms with E-state index in [2.05, 4.69) is 5.32 Å². The Labute approximate surface area is 96.0 Å². The van der Waals surface area contributed by atoms with E-state index >= 15 is 0 Å². The van der Waals surface area contributed by atoms with E-state index in [-0.39, 0.29) is 11.4 Å². The van der Waals surface area contributed by atoms with E-state index in [4.69, 9.17) is 5.73 Å². The topological polar surface area (TPSA) is 38.0 Å². The maximum atomic E-state index is 12.7. The van der Waals surface area contributed by atoms with Crippen molar-refractivity contribution in [1.29, 1.82) is 0 Å². The monoisotopic (exact) mass is 222 g/mol. The van der Waals surface area contributed by atoms with Crippen molar-refractivity contribution < 1.29 is 4.39 Å². The lowest BCUT2D eigenvalue weighted by Gasteiger charge is -2.27. The smallest absolute Gasteiger partial charge is 0.123 e. The summed E-state index contributed by atoms with van der Waals surface area (Å²) in [5.74, 6) is -0.170. The molecule has 1 aliphatic rings. The van der Waals surface area contributed by atoms with Crippen molar-refractivity contribution in [2.45, 2.75) is 31.2 Å². The summed E-state index contributed by atoms with van der Waals surface area (Å²) in [6.07, 6.45) is 4.37. The van der Waals surface area contributed by atoms with Gasteiger partial charge in [0.25, 0.3) is 0 Å². The fraction of sp³-hybridized carbons (Fsp3) is 0.538. The molecule has 0 amide bonds. The highest BCUT2D eigenvalue weighted by molar-refractivity contribution is 5.17. The van der Waals surface area contributed by atoms with E-state index in [0.29, 0.717) is 6.54 Å². The molecule has 16 heavy (non-hydrogen) atoms. The second kappa shape index (κ2) is 4.93. The van der Waals surface area contributed by atoms with Gasteiger partial charge in [0, 0.05) is 12.1 Å². The predicted molar refractivity (Wildman–Crippen MR) is 63.7 cm³/mol. The first kappa shape index (κ1) is 11.6. The average molecular weight is 222 g/mol. The molecule has 1 unspecified atom stereocenters. The Hall–Kier alpha value is -0.930. The number of benzene rings is 1. The molecule has 1 aliphatic heterocycles. The number of halogens is 1. The highest BCUT2D eigenvalue weighted by Crippen LogP contribution is 2.23. The van der Waals surface area contributed by atoms with Crippen molar-refractivity contribution in [3.63, 3.8) is 0 Å². The molecular weight excluding hydrogens is 203 g/mol. The molecule has 2 nitrogen and oxygen atoms in total. The lowest BCUT2D eigenvalue weighted by Crippen LogP contribution is -2.46. The Balaban J connectivity index is 1.93. The van der Waals surface area contributed by atoms with Gasteiger partial charge >= 0.3 is 0 Å². The zero-order chi connectivity index (χ0) is 11.4. The Kier molecular flexibility index (Phi) is 3.56. The molecule has 3 heteroatoms. The first-order chi connectivity index (χ1) is 7.74. The molecule has 0 aromatic heterocycles. The van der Waals surface area contributed by atoms with Crippen molar-refractivity contribution in [2.24, 2.45) is 5.73 Å². The summed E-state index contributed by atoms with van der Waals surface area (Å²) in [6, 6.07) is 6.75. The lowest BCUT2D eigenvalue weighted by atomic mass is 9.90. The number of rotatable bonds is 4. The third-order valence-corrected chi connectivity index (χ3v) is 3.53. The van der Waals surface area contributed by atoms with Gasteiger partial charge in [0.1, 0.15) is 5.82 Å². The van der Waals surface area contributed by atoms with Crippen LogP contribution in [-0.2, 0) is 6.42 Å². The maximum Gasteiger partial charge on any atom is 0.123 e. The lowest BCUT2D eigenvalue weighted by molar-refractivity contribution is 0.358. The first-order valence-corrected chi connectivity index (χ1v) is 5.94. The molecule has 88 valence electrons. The van der Waals surface area contributed by atoms with E-state index in [0.717, 1.165) is 25.8 Å². The van der Waals surface area contributed by atoms with Gasteiger partial charge in [-0.3, -0.25) is 0 Å². The van der Waals surface area contributed by atoms with Gasteiger partial charge in [-0.05, 0) is 49.9 Å². The van der Waals surface area contributed by atoms with E-state index in [1.807, 2.05) is 12.1 Å². The van der Waals surface area contributed by atoms with Gasteiger partial charge in [-0.1, -0.05) is 12.1 Å². The van der Waals surface area contributed by atoms with Crippen LogP contribution in [0.1, 0.15) is 24.8 Å². The molecular formula is C13H19FN2. The summed E-state index contributed by atoms with van der Waals surface area (Å²) in [6.45, 7) is 1.76. The largest absolute Gasteiger partial charge is 0.329 e. The standard InChI is InChI=1S/C13H19FN2/c14-12-4-2-11(3-5-12)6-8-13(10-15)7-1-9-16-13/h2-5,16H,1,6-10,15H2. The minimum atomic E-state index is -0.170. The number of hydrogen-bond donors (Lipinski definition) is 2. The van der Waals surface area contributed by atoms with E-state index < -0.39 is 0 Å². The van der Waals surface area contributed by atoms with Crippen LogP contribution in [0.5, 0.6) is 0 Å². The molecule has 1 fully saturated rings. The van der Waals surface area contributed by atoms with Crippen molar-refractivity contribution >= 4 is 0 Å². The average Bonchev–Trinajstić information content (AvgIpc) is 2.78. The summed E-state index contributed by atoms with van der Waals surface area (Å²) in [5.41, 5.74) is 7.14. The van der Waals surface area contributed by atoms with Gasteiger partial charge < -0.3 is 11.1 Å². The summed E-state index contributed by atoms with van der Waals surface area (Å²) in [7, 11) is 0. The molecule has 2 rings (SSSR count). The van der Waals surface area contributed by atoms with Crippen LogP contribution in [0.25, 0.3) is 0 Å². The van der Waals surface area contributed by atoms with Crippen molar-refractivity contribution in [3.8, 4) is 0 Å². The van der Waals surface area contributed by atoms with Gasteiger partial charge in [-0.25, -0.2) is 4.39 Å². The minimum Gasteiger partial charge on any atom is -0.329 e. The fourth-order valence-corrected chi connectivity index (χ4v) is 2.39. The SMILES string of the molecule is NCC1(CCc2ccc(F)cc2)CCCN1. The summed E-state index contributed by atoms with van der Waals surface area (Å²) < 4.78 is 12.7. The maximum absolute atomic E-state index is 12.7.